The Bertz CT molecular complexity index is 433. The number of methoxy groups -OCH3 is 2. The molecule has 0 spiro atoms. The molecular weight excluding hydrogens is 216 g/mol. The Morgan fingerprint density at radius 3 is 2.69 bits per heavy atom. The van der Waals surface area contributed by atoms with E-state index in [4.69, 9.17) is 5.53 Å². The maximum atomic E-state index is 11.1. The standard InChI is InChI=1S/C8H8N4O4/c1-15-7(13)5(11-12-9)3-4-6(10-4)8(14)16-2/h3-4H,1-2H3/b5-3-. The average molecular weight is 224 g/mol. The zero-order chi connectivity index (χ0) is 12.1. The largest absolute Gasteiger partial charge is 0.466 e. The monoisotopic (exact) mass is 224 g/mol. The van der Waals surface area contributed by atoms with E-state index in [0.29, 0.717) is 0 Å². The van der Waals surface area contributed by atoms with E-state index in [1.165, 1.54) is 13.2 Å². The number of esters is 2. The third-order valence-corrected chi connectivity index (χ3v) is 1.75. The van der Waals surface area contributed by atoms with E-state index in [9.17, 15) is 9.59 Å². The minimum absolute atomic E-state index is 0.178. The predicted molar refractivity (Wildman–Crippen MR) is 52.5 cm³/mol. The van der Waals surface area contributed by atoms with Gasteiger partial charge in [0.25, 0.3) is 0 Å². The van der Waals surface area contributed by atoms with Crippen molar-refractivity contribution in [3.8, 4) is 0 Å². The number of aliphatic imine (C=N–C) groups is 1. The number of carbonyl (C=O) groups excluding carboxylic acids is 2. The molecule has 0 aromatic carbocycles. The number of azide groups is 1. The second kappa shape index (κ2) is 4.94. The first kappa shape index (κ1) is 11.7. The molecule has 0 bridgehead atoms. The van der Waals surface area contributed by atoms with Crippen LogP contribution in [0.3, 0.4) is 0 Å². The van der Waals surface area contributed by atoms with Crippen LogP contribution in [0.5, 0.6) is 0 Å². The summed E-state index contributed by atoms with van der Waals surface area (Å²) >= 11 is 0. The molecule has 1 heterocycles. The molecule has 1 aliphatic heterocycles. The first-order valence-electron chi connectivity index (χ1n) is 4.15. The van der Waals surface area contributed by atoms with Gasteiger partial charge in [0.1, 0.15) is 17.5 Å². The summed E-state index contributed by atoms with van der Waals surface area (Å²) in [4.78, 5) is 28.3. The molecule has 0 amide bonds. The molecular formula is C8H8N4O4. The Balaban J connectivity index is 2.73. The molecule has 16 heavy (non-hydrogen) atoms. The van der Waals surface area contributed by atoms with Gasteiger partial charge >= 0.3 is 11.9 Å². The summed E-state index contributed by atoms with van der Waals surface area (Å²) in [5.41, 5.74) is 8.16. The van der Waals surface area contributed by atoms with Crippen molar-refractivity contribution in [3.63, 3.8) is 0 Å². The third-order valence-electron chi connectivity index (χ3n) is 1.75. The molecule has 8 nitrogen and oxygen atoms in total. The van der Waals surface area contributed by atoms with Crippen molar-refractivity contribution in [2.75, 3.05) is 14.2 Å². The summed E-state index contributed by atoms with van der Waals surface area (Å²) in [6.45, 7) is 0. The number of ether oxygens (including phenoxy) is 2. The fraction of sp³-hybridized carbons (Fsp3) is 0.375. The van der Waals surface area contributed by atoms with Gasteiger partial charge in [0.05, 0.1) is 14.2 Å². The zero-order valence-corrected chi connectivity index (χ0v) is 8.58. The lowest BCUT2D eigenvalue weighted by Gasteiger charge is -1.96. The quantitative estimate of drug-likeness (QED) is 0.225. The molecule has 1 atom stereocenters. The number of hydrogen-bond acceptors (Lipinski definition) is 6. The Morgan fingerprint density at radius 1 is 1.50 bits per heavy atom. The van der Waals surface area contributed by atoms with Crippen LogP contribution in [0.25, 0.3) is 10.4 Å². The van der Waals surface area contributed by atoms with E-state index < -0.39 is 18.0 Å². The van der Waals surface area contributed by atoms with Gasteiger partial charge in [0.15, 0.2) is 0 Å². The highest BCUT2D eigenvalue weighted by Crippen LogP contribution is 2.17. The molecule has 8 heteroatoms. The van der Waals surface area contributed by atoms with Crippen molar-refractivity contribution in [2.24, 2.45) is 10.1 Å². The van der Waals surface area contributed by atoms with Crippen LogP contribution in [-0.2, 0) is 19.1 Å². The summed E-state index contributed by atoms with van der Waals surface area (Å²) in [6.07, 6.45) is 1.23. The zero-order valence-electron chi connectivity index (χ0n) is 8.58. The topological polar surface area (TPSA) is 114 Å². The molecule has 0 saturated heterocycles. The molecule has 0 aromatic heterocycles. The van der Waals surface area contributed by atoms with E-state index >= 15 is 0 Å². The Morgan fingerprint density at radius 2 is 2.19 bits per heavy atom. The van der Waals surface area contributed by atoms with Crippen LogP contribution >= 0.6 is 0 Å². The van der Waals surface area contributed by atoms with Gasteiger partial charge in [0.2, 0.25) is 0 Å². The second-order valence-corrected chi connectivity index (χ2v) is 2.68. The second-order valence-electron chi connectivity index (χ2n) is 2.68. The Kier molecular flexibility index (Phi) is 3.62. The van der Waals surface area contributed by atoms with Crippen molar-refractivity contribution in [2.45, 2.75) is 6.04 Å². The fourth-order valence-corrected chi connectivity index (χ4v) is 0.951. The Labute approximate surface area is 90.2 Å². The van der Waals surface area contributed by atoms with Crippen LogP contribution in [0.15, 0.2) is 21.9 Å². The highest BCUT2D eigenvalue weighted by molar-refractivity contribution is 6.44. The molecule has 0 fully saturated rings. The first-order chi connectivity index (χ1) is 7.63. The molecule has 0 N–H and O–H groups in total. The summed E-state index contributed by atoms with van der Waals surface area (Å²) < 4.78 is 8.79. The van der Waals surface area contributed by atoms with Crippen LogP contribution < -0.4 is 0 Å². The van der Waals surface area contributed by atoms with Crippen LogP contribution in [0, 0.1) is 0 Å². The van der Waals surface area contributed by atoms with Crippen molar-refractivity contribution in [3.05, 3.63) is 22.2 Å². The summed E-state index contributed by atoms with van der Waals surface area (Å²) in [7, 11) is 2.37. The number of hydrogen-bond donors (Lipinski definition) is 0. The molecule has 0 aliphatic carbocycles. The molecule has 84 valence electrons. The van der Waals surface area contributed by atoms with Crippen molar-refractivity contribution >= 4 is 17.7 Å². The minimum Gasteiger partial charge on any atom is -0.466 e. The third kappa shape index (κ3) is 2.58. The van der Waals surface area contributed by atoms with Gasteiger partial charge in [-0.05, 0) is 11.6 Å². The number of carbonyl (C=O) groups is 2. The van der Waals surface area contributed by atoms with Crippen LogP contribution in [0.4, 0.5) is 0 Å². The molecule has 1 rings (SSSR count). The highest BCUT2D eigenvalue weighted by Gasteiger charge is 2.34. The fourth-order valence-electron chi connectivity index (χ4n) is 0.951. The summed E-state index contributed by atoms with van der Waals surface area (Å²) in [6, 6.07) is -0.577. The molecule has 0 radical (unpaired) electrons. The molecule has 1 unspecified atom stereocenters. The normalized spacial score (nSPS) is 18.0. The molecule has 1 aliphatic rings. The predicted octanol–water partition coefficient (Wildman–Crippen LogP) is 0.350. The van der Waals surface area contributed by atoms with Gasteiger partial charge in [-0.15, -0.1) is 0 Å². The lowest BCUT2D eigenvalue weighted by Crippen LogP contribution is -2.12. The maximum absolute atomic E-state index is 11.1. The number of rotatable bonds is 4. The van der Waals surface area contributed by atoms with Gasteiger partial charge in [0, 0.05) is 4.91 Å². The van der Waals surface area contributed by atoms with Gasteiger partial charge in [-0.1, -0.05) is 5.11 Å². The minimum atomic E-state index is -0.788. The summed E-state index contributed by atoms with van der Waals surface area (Å²) in [5, 5.41) is 3.14. The number of nitrogens with zero attached hydrogens (tertiary/aromatic N) is 4. The van der Waals surface area contributed by atoms with E-state index in [1.807, 2.05) is 0 Å². The van der Waals surface area contributed by atoms with Crippen molar-refractivity contribution in [1.82, 2.24) is 0 Å². The van der Waals surface area contributed by atoms with Gasteiger partial charge in [-0.3, -0.25) is 4.99 Å². The van der Waals surface area contributed by atoms with Crippen LogP contribution in [0.1, 0.15) is 0 Å². The van der Waals surface area contributed by atoms with Gasteiger partial charge < -0.3 is 9.47 Å². The summed E-state index contributed by atoms with van der Waals surface area (Å²) in [5.74, 6) is -1.37. The SMILES string of the molecule is COC(=O)C1=NC1/C=C(\N=[N+]=[N-])C(=O)OC. The molecule has 0 saturated carbocycles. The van der Waals surface area contributed by atoms with Crippen molar-refractivity contribution in [1.29, 1.82) is 0 Å². The lowest BCUT2D eigenvalue weighted by molar-refractivity contribution is -0.136. The first-order valence-corrected chi connectivity index (χ1v) is 4.15. The maximum Gasteiger partial charge on any atom is 0.354 e. The van der Waals surface area contributed by atoms with Gasteiger partial charge in [-0.25, -0.2) is 9.59 Å². The van der Waals surface area contributed by atoms with E-state index in [1.54, 1.807) is 0 Å². The van der Waals surface area contributed by atoms with Gasteiger partial charge in [-0.2, -0.15) is 0 Å². The van der Waals surface area contributed by atoms with Crippen molar-refractivity contribution < 1.29 is 19.1 Å². The molecule has 0 aromatic rings. The lowest BCUT2D eigenvalue weighted by atomic mass is 10.2. The average Bonchev–Trinajstić information content (AvgIpc) is 3.05. The van der Waals surface area contributed by atoms with E-state index in [2.05, 4.69) is 24.5 Å². The highest BCUT2D eigenvalue weighted by atomic mass is 16.5. The van der Waals surface area contributed by atoms with E-state index in [-0.39, 0.29) is 11.4 Å². The van der Waals surface area contributed by atoms with Crippen LogP contribution in [-0.4, -0.2) is 37.9 Å². The van der Waals surface area contributed by atoms with E-state index in [0.717, 1.165) is 7.11 Å². The Hall–Kier alpha value is -2.34. The van der Waals surface area contributed by atoms with Crippen LogP contribution in [0.2, 0.25) is 0 Å². The smallest absolute Gasteiger partial charge is 0.354 e.